The molecule has 2 unspecified atom stereocenters. The van der Waals surface area contributed by atoms with Crippen molar-refractivity contribution in [3.05, 3.63) is 18.0 Å². The molecule has 0 radical (unpaired) electrons. The van der Waals surface area contributed by atoms with Crippen molar-refractivity contribution in [3.8, 4) is 0 Å². The Hall–Kier alpha value is -1.16. The average Bonchev–Trinajstić information content (AvgIpc) is 2.99. The molecule has 4 heteroatoms. The lowest BCUT2D eigenvalue weighted by Gasteiger charge is -2.26. The molecule has 1 aromatic heterocycles. The largest absolute Gasteiger partial charge is 0.338 e. The first-order valence-corrected chi connectivity index (χ1v) is 6.65. The second-order valence-electron chi connectivity index (χ2n) is 5.16. The van der Waals surface area contributed by atoms with E-state index >= 15 is 0 Å². The van der Waals surface area contributed by atoms with Crippen LogP contribution in [-0.2, 0) is 6.54 Å². The van der Waals surface area contributed by atoms with E-state index in [1.807, 2.05) is 12.4 Å². The van der Waals surface area contributed by atoms with Crippen LogP contribution in [0, 0.1) is 5.92 Å². The Morgan fingerprint density at radius 1 is 1.35 bits per heavy atom. The number of nitrogens with one attached hydrogen (secondary N) is 1. The number of rotatable bonds is 4. The molecular formula is C13H20N4. The van der Waals surface area contributed by atoms with Crippen molar-refractivity contribution >= 4 is 5.95 Å². The van der Waals surface area contributed by atoms with Crippen LogP contribution in [0.2, 0.25) is 0 Å². The molecular weight excluding hydrogens is 212 g/mol. The maximum Gasteiger partial charge on any atom is 0.225 e. The van der Waals surface area contributed by atoms with Gasteiger partial charge in [-0.05, 0) is 31.7 Å². The van der Waals surface area contributed by atoms with Crippen molar-refractivity contribution in [2.45, 2.75) is 38.8 Å². The van der Waals surface area contributed by atoms with Crippen LogP contribution in [0.25, 0.3) is 0 Å². The summed E-state index contributed by atoms with van der Waals surface area (Å²) in [5.41, 5.74) is 1.17. The van der Waals surface area contributed by atoms with Gasteiger partial charge < -0.3 is 10.2 Å². The first-order valence-electron chi connectivity index (χ1n) is 6.65. The maximum absolute atomic E-state index is 4.51. The summed E-state index contributed by atoms with van der Waals surface area (Å²) in [5.74, 6) is 1.82. The minimum Gasteiger partial charge on any atom is -0.338 e. The average molecular weight is 232 g/mol. The molecule has 1 aliphatic carbocycles. The van der Waals surface area contributed by atoms with E-state index < -0.39 is 0 Å². The third kappa shape index (κ3) is 2.14. The van der Waals surface area contributed by atoms with Gasteiger partial charge in [0.05, 0.1) is 0 Å². The zero-order chi connectivity index (χ0) is 11.7. The van der Waals surface area contributed by atoms with Gasteiger partial charge >= 0.3 is 0 Å². The van der Waals surface area contributed by atoms with E-state index in [9.17, 15) is 0 Å². The second-order valence-corrected chi connectivity index (χ2v) is 5.16. The Morgan fingerprint density at radius 2 is 2.18 bits per heavy atom. The van der Waals surface area contributed by atoms with Crippen molar-refractivity contribution in [1.29, 1.82) is 0 Å². The third-order valence-corrected chi connectivity index (χ3v) is 3.94. The van der Waals surface area contributed by atoms with Gasteiger partial charge in [0.1, 0.15) is 0 Å². The van der Waals surface area contributed by atoms with Gasteiger partial charge in [-0.3, -0.25) is 0 Å². The van der Waals surface area contributed by atoms with E-state index in [2.05, 4.69) is 27.1 Å². The predicted molar refractivity (Wildman–Crippen MR) is 67.9 cm³/mol. The highest BCUT2D eigenvalue weighted by atomic mass is 15.3. The lowest BCUT2D eigenvalue weighted by Crippen LogP contribution is -2.33. The van der Waals surface area contributed by atoms with Gasteiger partial charge in [-0.1, -0.05) is 6.92 Å². The summed E-state index contributed by atoms with van der Waals surface area (Å²) >= 11 is 0. The summed E-state index contributed by atoms with van der Waals surface area (Å²) in [7, 11) is 0. The van der Waals surface area contributed by atoms with Crippen LogP contribution in [0.4, 0.5) is 5.95 Å². The quantitative estimate of drug-likeness (QED) is 0.855. The molecule has 92 valence electrons. The number of piperidine rings is 1. The van der Waals surface area contributed by atoms with Crippen LogP contribution in [0.5, 0.6) is 0 Å². The molecule has 0 amide bonds. The molecule has 0 spiro atoms. The molecule has 1 aliphatic heterocycles. The monoisotopic (exact) mass is 232 g/mol. The van der Waals surface area contributed by atoms with Crippen LogP contribution < -0.4 is 10.2 Å². The minimum absolute atomic E-state index is 0.708. The third-order valence-electron chi connectivity index (χ3n) is 3.94. The Balaban J connectivity index is 1.68. The topological polar surface area (TPSA) is 41.1 Å². The molecule has 17 heavy (non-hydrogen) atoms. The van der Waals surface area contributed by atoms with Gasteiger partial charge in [-0.25, -0.2) is 9.97 Å². The first kappa shape index (κ1) is 11.0. The highest BCUT2D eigenvalue weighted by Gasteiger charge is 2.38. The van der Waals surface area contributed by atoms with Crippen LogP contribution in [0.15, 0.2) is 12.4 Å². The Kier molecular flexibility index (Phi) is 2.97. The summed E-state index contributed by atoms with van der Waals surface area (Å²) in [6.45, 7) is 5.12. The zero-order valence-corrected chi connectivity index (χ0v) is 10.4. The number of nitrogens with zero attached hydrogens (tertiary/aromatic N) is 3. The van der Waals surface area contributed by atoms with Crippen LogP contribution in [0.3, 0.4) is 0 Å². The molecule has 0 aromatic carbocycles. The lowest BCUT2D eigenvalue weighted by atomic mass is 10.1. The van der Waals surface area contributed by atoms with Crippen molar-refractivity contribution < 1.29 is 0 Å². The molecule has 3 rings (SSSR count). The van der Waals surface area contributed by atoms with E-state index in [1.165, 1.54) is 24.8 Å². The molecule has 1 saturated carbocycles. The second kappa shape index (κ2) is 4.61. The van der Waals surface area contributed by atoms with Crippen molar-refractivity contribution in [3.63, 3.8) is 0 Å². The summed E-state index contributed by atoms with van der Waals surface area (Å²) in [6.07, 6.45) is 7.99. The Bertz CT molecular complexity index is 376. The fourth-order valence-corrected chi connectivity index (χ4v) is 3.03. The summed E-state index contributed by atoms with van der Waals surface area (Å²) in [4.78, 5) is 11.4. The van der Waals surface area contributed by atoms with Gasteiger partial charge in [-0.15, -0.1) is 0 Å². The smallest absolute Gasteiger partial charge is 0.225 e. The summed E-state index contributed by atoms with van der Waals surface area (Å²) < 4.78 is 0. The first-order chi connectivity index (χ1) is 8.36. The van der Waals surface area contributed by atoms with Gasteiger partial charge in [0.15, 0.2) is 0 Å². The lowest BCUT2D eigenvalue weighted by molar-refractivity contribution is 0.546. The number of anilines is 1. The summed E-state index contributed by atoms with van der Waals surface area (Å²) in [6, 6.07) is 0.708. The highest BCUT2D eigenvalue weighted by Crippen LogP contribution is 2.38. The standard InChI is InChI=1S/C13H20N4/c1-2-14-6-11-7-15-13(16-8-11)17-9-10-3-4-12(17)5-10/h7-8,10,12,14H,2-6,9H2,1H3. The normalized spacial score (nSPS) is 26.8. The zero-order valence-electron chi connectivity index (χ0n) is 10.4. The minimum atomic E-state index is 0.708. The van der Waals surface area contributed by atoms with E-state index in [1.54, 1.807) is 0 Å². The molecule has 1 N–H and O–H groups in total. The number of fused-ring (bicyclic) bond motifs is 2. The van der Waals surface area contributed by atoms with E-state index in [4.69, 9.17) is 0 Å². The molecule has 2 aliphatic rings. The van der Waals surface area contributed by atoms with Crippen molar-refractivity contribution in [2.24, 2.45) is 5.92 Å². The predicted octanol–water partition coefficient (Wildman–Crippen LogP) is 1.57. The Labute approximate surface area is 102 Å². The molecule has 2 bridgehead atoms. The Morgan fingerprint density at radius 3 is 2.76 bits per heavy atom. The van der Waals surface area contributed by atoms with Gasteiger partial charge in [0.25, 0.3) is 0 Å². The van der Waals surface area contributed by atoms with Gasteiger partial charge in [0, 0.05) is 37.1 Å². The molecule has 1 aromatic rings. The van der Waals surface area contributed by atoms with Crippen LogP contribution in [-0.4, -0.2) is 29.1 Å². The highest BCUT2D eigenvalue weighted by molar-refractivity contribution is 5.35. The molecule has 2 fully saturated rings. The number of aromatic nitrogens is 2. The fraction of sp³-hybridized carbons (Fsp3) is 0.692. The number of hydrogen-bond acceptors (Lipinski definition) is 4. The van der Waals surface area contributed by atoms with E-state index in [0.29, 0.717) is 6.04 Å². The maximum atomic E-state index is 4.51. The molecule has 2 atom stereocenters. The molecule has 2 heterocycles. The van der Waals surface area contributed by atoms with Crippen molar-refractivity contribution in [2.75, 3.05) is 18.0 Å². The van der Waals surface area contributed by atoms with Gasteiger partial charge in [0.2, 0.25) is 5.95 Å². The van der Waals surface area contributed by atoms with Crippen LogP contribution in [0.1, 0.15) is 31.7 Å². The summed E-state index contributed by atoms with van der Waals surface area (Å²) in [5, 5.41) is 3.29. The van der Waals surface area contributed by atoms with Gasteiger partial charge in [-0.2, -0.15) is 0 Å². The number of hydrogen-bond donors (Lipinski definition) is 1. The van der Waals surface area contributed by atoms with Crippen molar-refractivity contribution in [1.82, 2.24) is 15.3 Å². The molecule has 1 saturated heterocycles. The van der Waals surface area contributed by atoms with E-state index in [-0.39, 0.29) is 0 Å². The van der Waals surface area contributed by atoms with E-state index in [0.717, 1.165) is 31.5 Å². The van der Waals surface area contributed by atoms with Crippen LogP contribution >= 0.6 is 0 Å². The molecule has 4 nitrogen and oxygen atoms in total. The SMILES string of the molecule is CCNCc1cnc(N2CC3CCC2C3)nc1. The fourth-order valence-electron chi connectivity index (χ4n) is 3.03.